The number of hydrogen-bond acceptors (Lipinski definition) is 5. The number of carbonyl (C=O) groups is 1. The van der Waals surface area contributed by atoms with Crippen LogP contribution in [-0.2, 0) is 10.0 Å². The first-order chi connectivity index (χ1) is 9.53. The van der Waals surface area contributed by atoms with E-state index < -0.39 is 10.0 Å². The topological polar surface area (TPSA) is 88.2 Å². The Morgan fingerprint density at radius 1 is 1.45 bits per heavy atom. The van der Waals surface area contributed by atoms with Crippen molar-refractivity contribution in [2.45, 2.75) is 11.8 Å². The van der Waals surface area contributed by atoms with Crippen molar-refractivity contribution in [2.24, 2.45) is 0 Å². The zero-order valence-electron chi connectivity index (χ0n) is 10.7. The van der Waals surface area contributed by atoms with Crippen LogP contribution in [0.4, 0.5) is 5.69 Å². The predicted molar refractivity (Wildman–Crippen MR) is 77.4 cm³/mol. The van der Waals surface area contributed by atoms with Gasteiger partial charge in [-0.25, -0.2) is 8.42 Å². The van der Waals surface area contributed by atoms with E-state index in [-0.39, 0.29) is 10.8 Å². The second kappa shape index (κ2) is 6.02. The molecular formula is C12H13N3O3S2. The third-order valence-electron chi connectivity index (χ3n) is 2.36. The number of aromatic nitrogens is 1. The Balaban J connectivity index is 2.20. The van der Waals surface area contributed by atoms with Crippen molar-refractivity contribution in [1.29, 1.82) is 0 Å². The number of hydrogen-bond donors (Lipinski definition) is 2. The molecule has 0 aliphatic carbocycles. The molecule has 2 N–H and O–H groups in total. The zero-order valence-corrected chi connectivity index (χ0v) is 12.3. The van der Waals surface area contributed by atoms with Crippen LogP contribution in [0.15, 0.2) is 40.9 Å². The first kappa shape index (κ1) is 14.5. The maximum Gasteiger partial charge on any atom is 0.262 e. The summed E-state index contributed by atoms with van der Waals surface area (Å²) in [6.45, 7) is 2.29. The summed E-state index contributed by atoms with van der Waals surface area (Å²) >= 11 is 1.09. The lowest BCUT2D eigenvalue weighted by atomic mass is 10.4. The van der Waals surface area contributed by atoms with Gasteiger partial charge in [-0.2, -0.15) is 0 Å². The average molecular weight is 311 g/mol. The van der Waals surface area contributed by atoms with Crippen LogP contribution in [0.2, 0.25) is 0 Å². The van der Waals surface area contributed by atoms with Crippen LogP contribution in [-0.4, -0.2) is 25.9 Å². The molecule has 2 heterocycles. The second-order valence-electron chi connectivity index (χ2n) is 3.85. The summed E-state index contributed by atoms with van der Waals surface area (Å²) in [5.74, 6) is -0.277. The highest BCUT2D eigenvalue weighted by Crippen LogP contribution is 2.21. The second-order valence-corrected chi connectivity index (χ2v) is 6.45. The van der Waals surface area contributed by atoms with Crippen LogP contribution in [0.5, 0.6) is 0 Å². The number of pyridine rings is 1. The predicted octanol–water partition coefficient (Wildman–Crippen LogP) is 1.69. The van der Waals surface area contributed by atoms with Gasteiger partial charge in [-0.15, -0.1) is 11.3 Å². The number of rotatable bonds is 5. The van der Waals surface area contributed by atoms with Gasteiger partial charge in [0.05, 0.1) is 21.7 Å². The summed E-state index contributed by atoms with van der Waals surface area (Å²) in [5, 5.41) is 4.06. The number of sulfonamides is 1. The van der Waals surface area contributed by atoms with E-state index in [1.54, 1.807) is 25.3 Å². The van der Waals surface area contributed by atoms with Crippen molar-refractivity contribution in [3.63, 3.8) is 0 Å². The zero-order chi connectivity index (χ0) is 14.6. The quantitative estimate of drug-likeness (QED) is 0.879. The van der Waals surface area contributed by atoms with Crippen LogP contribution in [0.1, 0.15) is 16.6 Å². The number of thiophene rings is 1. The lowest BCUT2D eigenvalue weighted by Crippen LogP contribution is -2.21. The maximum absolute atomic E-state index is 12.1. The molecular weight excluding hydrogens is 298 g/mol. The number of nitrogens with zero attached hydrogens (tertiary/aromatic N) is 1. The van der Waals surface area contributed by atoms with Gasteiger partial charge in [0.2, 0.25) is 0 Å². The Morgan fingerprint density at radius 3 is 2.90 bits per heavy atom. The van der Waals surface area contributed by atoms with Gasteiger partial charge in [0.15, 0.2) is 0 Å². The summed E-state index contributed by atoms with van der Waals surface area (Å²) < 4.78 is 26.7. The summed E-state index contributed by atoms with van der Waals surface area (Å²) in [4.78, 5) is 15.9. The minimum Gasteiger partial charge on any atom is -0.352 e. The summed E-state index contributed by atoms with van der Waals surface area (Å²) in [7, 11) is -3.70. The molecule has 0 bridgehead atoms. The van der Waals surface area contributed by atoms with Gasteiger partial charge in [0, 0.05) is 18.1 Å². The molecule has 0 aliphatic heterocycles. The van der Waals surface area contributed by atoms with E-state index in [0.717, 1.165) is 11.3 Å². The van der Waals surface area contributed by atoms with Gasteiger partial charge in [0.1, 0.15) is 0 Å². The van der Waals surface area contributed by atoms with Crippen molar-refractivity contribution >= 4 is 33.0 Å². The van der Waals surface area contributed by atoms with E-state index in [9.17, 15) is 13.2 Å². The van der Waals surface area contributed by atoms with Crippen LogP contribution in [0, 0.1) is 0 Å². The molecule has 106 valence electrons. The number of carbonyl (C=O) groups excluding carboxylic acids is 1. The molecule has 20 heavy (non-hydrogen) atoms. The number of nitrogens with one attached hydrogen (secondary N) is 2. The Labute approximate surface area is 120 Å². The number of amides is 1. The highest BCUT2D eigenvalue weighted by Gasteiger charge is 2.18. The maximum atomic E-state index is 12.1. The van der Waals surface area contributed by atoms with E-state index >= 15 is 0 Å². The average Bonchev–Trinajstić information content (AvgIpc) is 2.90. The Hall–Kier alpha value is -1.93. The molecule has 8 heteroatoms. The lowest BCUT2D eigenvalue weighted by molar-refractivity contribution is 0.0959. The molecule has 0 spiro atoms. The van der Waals surface area contributed by atoms with Gasteiger partial charge in [-0.1, -0.05) is 0 Å². The molecule has 0 atom stereocenters. The van der Waals surface area contributed by atoms with E-state index in [2.05, 4.69) is 15.0 Å². The Bertz CT molecular complexity index is 696. The molecule has 2 aromatic rings. The molecule has 1 amide bonds. The standard InChI is InChI=1S/C12H13N3O3S2/c1-2-14-12(16)11-6-10(8-19-11)20(17,18)15-9-4-3-5-13-7-9/h3-8,15H,2H2,1H3,(H,14,16). The lowest BCUT2D eigenvalue weighted by Gasteiger charge is -2.05. The normalized spacial score (nSPS) is 11.1. The molecule has 0 saturated heterocycles. The molecule has 0 saturated carbocycles. The molecule has 0 fully saturated rings. The fraction of sp³-hybridized carbons (Fsp3) is 0.167. The van der Waals surface area contributed by atoms with Gasteiger partial charge >= 0.3 is 0 Å². The molecule has 2 aromatic heterocycles. The Kier molecular flexibility index (Phi) is 4.35. The smallest absolute Gasteiger partial charge is 0.262 e. The molecule has 0 unspecified atom stereocenters. The first-order valence-corrected chi connectivity index (χ1v) is 8.19. The van der Waals surface area contributed by atoms with E-state index in [0.29, 0.717) is 17.1 Å². The van der Waals surface area contributed by atoms with Gasteiger partial charge in [-0.05, 0) is 25.1 Å². The first-order valence-electron chi connectivity index (χ1n) is 5.82. The summed E-state index contributed by atoms with van der Waals surface area (Å²) in [6.07, 6.45) is 2.96. The fourth-order valence-corrected chi connectivity index (χ4v) is 3.70. The summed E-state index contributed by atoms with van der Waals surface area (Å²) in [5.41, 5.74) is 0.373. The van der Waals surface area contributed by atoms with E-state index in [4.69, 9.17) is 0 Å². The molecule has 0 radical (unpaired) electrons. The molecule has 6 nitrogen and oxygen atoms in total. The monoisotopic (exact) mass is 311 g/mol. The van der Waals surface area contributed by atoms with Crippen molar-refractivity contribution in [3.8, 4) is 0 Å². The van der Waals surface area contributed by atoms with Crippen LogP contribution in [0.3, 0.4) is 0 Å². The fourth-order valence-electron chi connectivity index (χ4n) is 1.46. The minimum atomic E-state index is -3.70. The number of anilines is 1. The molecule has 0 aliphatic rings. The third-order valence-corrected chi connectivity index (χ3v) is 4.80. The summed E-state index contributed by atoms with van der Waals surface area (Å²) in [6, 6.07) is 4.58. The minimum absolute atomic E-state index is 0.0626. The van der Waals surface area contributed by atoms with Crippen molar-refractivity contribution < 1.29 is 13.2 Å². The largest absolute Gasteiger partial charge is 0.352 e. The van der Waals surface area contributed by atoms with Gasteiger partial charge in [-0.3, -0.25) is 14.5 Å². The van der Waals surface area contributed by atoms with Crippen LogP contribution < -0.4 is 10.0 Å². The SMILES string of the molecule is CCNC(=O)c1cc(S(=O)(=O)Nc2cccnc2)cs1. The van der Waals surface area contributed by atoms with E-state index in [1.165, 1.54) is 17.6 Å². The Morgan fingerprint density at radius 2 is 2.25 bits per heavy atom. The van der Waals surface area contributed by atoms with Crippen molar-refractivity contribution in [3.05, 3.63) is 40.8 Å². The molecule has 2 rings (SSSR count). The van der Waals surface area contributed by atoms with Gasteiger partial charge in [0.25, 0.3) is 15.9 Å². The third kappa shape index (κ3) is 3.34. The van der Waals surface area contributed by atoms with Crippen molar-refractivity contribution in [2.75, 3.05) is 11.3 Å². The van der Waals surface area contributed by atoms with Crippen LogP contribution in [0.25, 0.3) is 0 Å². The van der Waals surface area contributed by atoms with Crippen molar-refractivity contribution in [1.82, 2.24) is 10.3 Å². The van der Waals surface area contributed by atoms with E-state index in [1.807, 2.05) is 0 Å². The highest BCUT2D eigenvalue weighted by atomic mass is 32.2. The molecule has 0 aromatic carbocycles. The van der Waals surface area contributed by atoms with Gasteiger partial charge < -0.3 is 5.32 Å². The highest BCUT2D eigenvalue weighted by molar-refractivity contribution is 7.92. The van der Waals surface area contributed by atoms with Crippen LogP contribution >= 0.6 is 11.3 Å².